The van der Waals surface area contributed by atoms with Crippen molar-refractivity contribution in [2.45, 2.75) is 46.5 Å². The van der Waals surface area contributed by atoms with E-state index >= 15 is 0 Å². The lowest BCUT2D eigenvalue weighted by Gasteiger charge is -2.07. The third-order valence-corrected chi connectivity index (χ3v) is 4.63. The Morgan fingerprint density at radius 2 is 1.86 bits per heavy atom. The molecule has 2 aromatic rings. The highest BCUT2D eigenvalue weighted by Gasteiger charge is 2.44. The lowest BCUT2D eigenvalue weighted by Crippen LogP contribution is -2.30. The highest BCUT2D eigenvalue weighted by atomic mass is 35.5. The number of carbonyl (C=O) groups is 1. The summed E-state index contributed by atoms with van der Waals surface area (Å²) in [5.74, 6) is -0.611. The molecule has 2 heterocycles. The molecule has 13 heteroatoms. The van der Waals surface area contributed by atoms with Gasteiger partial charge in [0.1, 0.15) is 12.2 Å². The molecule has 0 aliphatic rings. The number of hydrogen-bond donors (Lipinski definition) is 1. The third-order valence-electron chi connectivity index (χ3n) is 4.08. The number of aromatic nitrogens is 4. The predicted molar refractivity (Wildman–Crippen MR) is 93.0 cm³/mol. The van der Waals surface area contributed by atoms with Crippen LogP contribution in [0.25, 0.3) is 0 Å². The monoisotopic (exact) mass is 422 g/mol. The number of nitrogens with one attached hydrogen (secondary N) is 1. The number of aryl methyl sites for hydroxylation is 2. The zero-order valence-corrected chi connectivity index (χ0v) is 16.1. The van der Waals surface area contributed by atoms with Crippen molar-refractivity contribution >= 4 is 23.2 Å². The van der Waals surface area contributed by atoms with E-state index < -0.39 is 34.9 Å². The average Bonchev–Trinajstić information content (AvgIpc) is 3.04. The first kappa shape index (κ1) is 21.7. The normalized spacial score (nSPS) is 11.7. The van der Waals surface area contributed by atoms with E-state index in [1.54, 1.807) is 11.6 Å². The van der Waals surface area contributed by atoms with Crippen molar-refractivity contribution in [2.75, 3.05) is 6.54 Å². The molecule has 0 bridgehead atoms. The summed E-state index contributed by atoms with van der Waals surface area (Å²) in [7, 11) is 0. The van der Waals surface area contributed by atoms with Gasteiger partial charge in [-0.3, -0.25) is 24.3 Å². The van der Waals surface area contributed by atoms with Crippen LogP contribution in [-0.4, -0.2) is 36.9 Å². The number of hydrogen-bond acceptors (Lipinski definition) is 5. The zero-order valence-electron chi connectivity index (χ0n) is 15.3. The second kappa shape index (κ2) is 8.17. The summed E-state index contributed by atoms with van der Waals surface area (Å²) < 4.78 is 41.1. The standard InChI is InChI=1S/C15H18ClF3N6O3/c1-8-12(16)9(2)23(21-8)6-4-5-20-11(26)7-24-10(3)13(25(27)28)14(22-24)15(17,18)19/h4-7H2,1-3H3,(H,20,26). The minimum absolute atomic E-state index is 0.239. The Balaban J connectivity index is 1.96. The molecule has 0 spiro atoms. The van der Waals surface area contributed by atoms with Crippen LogP contribution >= 0.6 is 11.6 Å². The molecule has 9 nitrogen and oxygen atoms in total. The van der Waals surface area contributed by atoms with Crippen LogP contribution in [-0.2, 0) is 24.1 Å². The molecule has 2 rings (SSSR count). The molecular formula is C15H18ClF3N6O3. The van der Waals surface area contributed by atoms with Crippen molar-refractivity contribution in [3.8, 4) is 0 Å². The van der Waals surface area contributed by atoms with Crippen molar-refractivity contribution in [1.82, 2.24) is 24.9 Å². The molecule has 0 radical (unpaired) electrons. The lowest BCUT2D eigenvalue weighted by molar-refractivity contribution is -0.388. The minimum Gasteiger partial charge on any atom is -0.354 e. The smallest absolute Gasteiger partial charge is 0.354 e. The molecule has 0 saturated heterocycles. The van der Waals surface area contributed by atoms with Gasteiger partial charge < -0.3 is 5.32 Å². The maximum absolute atomic E-state index is 12.9. The summed E-state index contributed by atoms with van der Waals surface area (Å²) in [5.41, 5.74) is -1.63. The van der Waals surface area contributed by atoms with Crippen molar-refractivity contribution in [3.63, 3.8) is 0 Å². The molecule has 154 valence electrons. The van der Waals surface area contributed by atoms with Gasteiger partial charge in [0, 0.05) is 13.1 Å². The Morgan fingerprint density at radius 1 is 1.21 bits per heavy atom. The molecule has 0 aliphatic carbocycles. The molecule has 0 atom stereocenters. The first-order chi connectivity index (χ1) is 12.9. The van der Waals surface area contributed by atoms with E-state index in [-0.39, 0.29) is 12.2 Å². The van der Waals surface area contributed by atoms with Crippen LogP contribution in [0.1, 0.15) is 29.2 Å². The fourth-order valence-corrected chi connectivity index (χ4v) is 2.78. The molecule has 0 aliphatic heterocycles. The number of nitrogens with zero attached hydrogens (tertiary/aromatic N) is 5. The van der Waals surface area contributed by atoms with Gasteiger partial charge in [-0.25, -0.2) is 0 Å². The van der Waals surface area contributed by atoms with Crippen molar-refractivity contribution in [2.24, 2.45) is 0 Å². The average molecular weight is 423 g/mol. The Labute approximate surface area is 162 Å². The van der Waals surface area contributed by atoms with Crippen molar-refractivity contribution in [1.29, 1.82) is 0 Å². The molecule has 1 N–H and O–H groups in total. The number of halogens is 4. The van der Waals surface area contributed by atoms with Crippen LogP contribution in [0.5, 0.6) is 0 Å². The minimum atomic E-state index is -4.99. The quantitative estimate of drug-likeness (QED) is 0.419. The molecule has 1 amide bonds. The maximum atomic E-state index is 12.9. The van der Waals surface area contributed by atoms with E-state index in [1.807, 2.05) is 6.92 Å². The van der Waals surface area contributed by atoms with E-state index in [0.717, 1.165) is 12.6 Å². The number of amides is 1. The first-order valence-corrected chi connectivity index (χ1v) is 8.56. The fraction of sp³-hybridized carbons (Fsp3) is 0.533. The van der Waals surface area contributed by atoms with Crippen LogP contribution in [0, 0.1) is 30.9 Å². The van der Waals surface area contributed by atoms with Crippen molar-refractivity contribution < 1.29 is 22.9 Å². The van der Waals surface area contributed by atoms with Crippen LogP contribution in [0.2, 0.25) is 5.02 Å². The maximum Gasteiger partial charge on any atom is 0.442 e. The second-order valence-electron chi connectivity index (χ2n) is 6.11. The molecular weight excluding hydrogens is 405 g/mol. The fourth-order valence-electron chi connectivity index (χ4n) is 2.64. The van der Waals surface area contributed by atoms with Crippen LogP contribution in [0.3, 0.4) is 0 Å². The van der Waals surface area contributed by atoms with E-state index in [1.165, 1.54) is 0 Å². The summed E-state index contributed by atoms with van der Waals surface area (Å²) in [4.78, 5) is 21.7. The summed E-state index contributed by atoms with van der Waals surface area (Å²) in [5, 5.41) is 21.5. The number of alkyl halides is 3. The van der Waals surface area contributed by atoms with Crippen LogP contribution in [0.15, 0.2) is 0 Å². The van der Waals surface area contributed by atoms with Gasteiger partial charge in [0.15, 0.2) is 0 Å². The zero-order chi connectivity index (χ0) is 21.2. The van der Waals surface area contributed by atoms with Gasteiger partial charge in [0.05, 0.1) is 21.3 Å². The van der Waals surface area contributed by atoms with Gasteiger partial charge in [0.2, 0.25) is 11.6 Å². The van der Waals surface area contributed by atoms with Gasteiger partial charge in [-0.15, -0.1) is 0 Å². The lowest BCUT2D eigenvalue weighted by atomic mass is 10.3. The van der Waals surface area contributed by atoms with E-state index in [0.29, 0.717) is 28.4 Å². The number of rotatable bonds is 7. The Hall–Kier alpha value is -2.63. The molecule has 0 saturated carbocycles. The summed E-state index contributed by atoms with van der Waals surface area (Å²) in [6.07, 6.45) is -4.48. The topological polar surface area (TPSA) is 108 Å². The Kier molecular flexibility index (Phi) is 6.32. The van der Waals surface area contributed by atoms with Gasteiger partial charge in [0.25, 0.3) is 0 Å². The Bertz CT molecular complexity index is 906. The highest BCUT2D eigenvalue weighted by Crippen LogP contribution is 2.36. The first-order valence-electron chi connectivity index (χ1n) is 8.18. The van der Waals surface area contributed by atoms with E-state index in [9.17, 15) is 28.1 Å². The SMILES string of the molecule is Cc1nn(CCCNC(=O)Cn2nc(C(F)(F)F)c([N+](=O)[O-])c2C)c(C)c1Cl. The summed E-state index contributed by atoms with van der Waals surface area (Å²) in [6, 6.07) is 0. The van der Waals surface area contributed by atoms with Gasteiger partial charge >= 0.3 is 11.9 Å². The van der Waals surface area contributed by atoms with Crippen molar-refractivity contribution in [3.05, 3.63) is 37.9 Å². The van der Waals surface area contributed by atoms with E-state index in [2.05, 4.69) is 15.5 Å². The molecule has 0 fully saturated rings. The predicted octanol–water partition coefficient (Wildman–Crippen LogP) is 2.79. The molecule has 2 aromatic heterocycles. The summed E-state index contributed by atoms with van der Waals surface area (Å²) in [6.45, 7) is 4.86. The largest absolute Gasteiger partial charge is 0.442 e. The number of nitro groups is 1. The Morgan fingerprint density at radius 3 is 2.32 bits per heavy atom. The molecule has 0 aromatic carbocycles. The van der Waals surface area contributed by atoms with E-state index in [4.69, 9.17) is 11.6 Å². The van der Waals surface area contributed by atoms with Gasteiger partial charge in [-0.2, -0.15) is 23.4 Å². The van der Waals surface area contributed by atoms with Gasteiger partial charge in [-0.1, -0.05) is 11.6 Å². The van der Waals surface area contributed by atoms with Gasteiger partial charge in [-0.05, 0) is 27.2 Å². The second-order valence-corrected chi connectivity index (χ2v) is 6.48. The molecule has 28 heavy (non-hydrogen) atoms. The number of carbonyl (C=O) groups excluding carboxylic acids is 1. The summed E-state index contributed by atoms with van der Waals surface area (Å²) >= 11 is 6.04. The van der Waals surface area contributed by atoms with Crippen LogP contribution in [0.4, 0.5) is 18.9 Å². The molecule has 0 unspecified atom stereocenters. The van der Waals surface area contributed by atoms with Crippen LogP contribution < -0.4 is 5.32 Å². The third kappa shape index (κ3) is 4.61. The highest BCUT2D eigenvalue weighted by molar-refractivity contribution is 6.31.